The number of aromatic hydroxyl groups is 2. The number of aliphatic hydroxyl groups excluding tert-OH is 3. The van der Waals surface area contributed by atoms with Gasteiger partial charge in [0.25, 0.3) is 0 Å². The van der Waals surface area contributed by atoms with Gasteiger partial charge in [-0.05, 0) is 18.2 Å². The number of phenols is 2. The fourth-order valence-electron chi connectivity index (χ4n) is 2.64. The van der Waals surface area contributed by atoms with Crippen molar-refractivity contribution in [2.45, 2.75) is 24.1 Å². The fraction of sp³-hybridized carbons (Fsp3) is 0.375. The van der Waals surface area contributed by atoms with E-state index in [0.717, 1.165) is 0 Å². The van der Waals surface area contributed by atoms with Crippen molar-refractivity contribution in [3.8, 4) is 11.5 Å². The predicted octanol–water partition coefficient (Wildman–Crippen LogP) is -0.931. The van der Waals surface area contributed by atoms with Crippen molar-refractivity contribution < 1.29 is 35.4 Å². The average molecular weight is 350 g/mol. The Morgan fingerprint density at radius 3 is 2.80 bits per heavy atom. The van der Waals surface area contributed by atoms with Crippen LogP contribution in [0.15, 0.2) is 28.2 Å². The first-order valence-electron chi connectivity index (χ1n) is 7.53. The van der Waals surface area contributed by atoms with Crippen molar-refractivity contribution in [3.63, 3.8) is 0 Å². The summed E-state index contributed by atoms with van der Waals surface area (Å²) in [6.07, 6.45) is -0.250. The van der Waals surface area contributed by atoms with E-state index in [4.69, 9.17) is 4.74 Å². The molecule has 9 heteroatoms. The third kappa shape index (κ3) is 3.15. The van der Waals surface area contributed by atoms with Crippen molar-refractivity contribution in [2.75, 3.05) is 13.2 Å². The standard InChI is InChI=1S/C16H18N2O7/c19-10-2-1-9-12(13(10)21)8(5-18-9)3-4-17-7-16(24)15(23)14(22)11(20)6-25-16/h1-5,11,14-15,19-24H,6-7H2/t11-,14-,15-,16+/m1/s1. The molecule has 9 nitrogen and oxygen atoms in total. The first-order chi connectivity index (χ1) is 11.8. The van der Waals surface area contributed by atoms with Crippen LogP contribution in [0.4, 0.5) is 5.69 Å². The zero-order chi connectivity index (χ0) is 18.2. The number of fused-ring (bicyclic) bond motifs is 1. The van der Waals surface area contributed by atoms with Gasteiger partial charge >= 0.3 is 0 Å². The first-order valence-corrected chi connectivity index (χ1v) is 7.53. The maximum atomic E-state index is 10.2. The molecule has 4 atom stereocenters. The maximum absolute atomic E-state index is 10.2. The van der Waals surface area contributed by atoms with E-state index < -0.39 is 24.1 Å². The van der Waals surface area contributed by atoms with E-state index in [9.17, 15) is 30.6 Å². The highest BCUT2D eigenvalue weighted by Gasteiger charge is 2.48. The van der Waals surface area contributed by atoms with Crippen molar-refractivity contribution in [3.05, 3.63) is 23.8 Å². The molecule has 0 aliphatic carbocycles. The van der Waals surface area contributed by atoms with Gasteiger partial charge < -0.3 is 35.4 Å². The monoisotopic (exact) mass is 350 g/mol. The molecule has 25 heavy (non-hydrogen) atoms. The minimum absolute atomic E-state index is 0.271. The number of phenolic OH excluding ortho intramolecular Hbond substituents is 2. The molecule has 1 aromatic carbocycles. The Balaban J connectivity index is 1.72. The highest BCUT2D eigenvalue weighted by molar-refractivity contribution is 6.20. The number of rotatable bonds is 3. The molecule has 1 saturated heterocycles. The van der Waals surface area contributed by atoms with E-state index >= 15 is 0 Å². The highest BCUT2D eigenvalue weighted by Crippen LogP contribution is 2.42. The van der Waals surface area contributed by atoms with Crippen LogP contribution >= 0.6 is 0 Å². The molecule has 0 bridgehead atoms. The van der Waals surface area contributed by atoms with Gasteiger partial charge in [-0.15, -0.1) is 0 Å². The summed E-state index contributed by atoms with van der Waals surface area (Å²) in [5.74, 6) is -2.68. The summed E-state index contributed by atoms with van der Waals surface area (Å²) in [5.41, 5.74) is 1.36. The van der Waals surface area contributed by atoms with Gasteiger partial charge in [-0.3, -0.25) is 9.98 Å². The summed E-state index contributed by atoms with van der Waals surface area (Å²) >= 11 is 0. The smallest absolute Gasteiger partial charge is 0.215 e. The second-order valence-corrected chi connectivity index (χ2v) is 5.86. The van der Waals surface area contributed by atoms with Crippen LogP contribution in [0, 0.1) is 0 Å². The molecule has 6 N–H and O–H groups in total. The molecule has 0 saturated carbocycles. The van der Waals surface area contributed by atoms with Crippen molar-refractivity contribution in [2.24, 2.45) is 9.98 Å². The lowest BCUT2D eigenvalue weighted by molar-refractivity contribution is -0.315. The predicted molar refractivity (Wildman–Crippen MR) is 88.2 cm³/mol. The third-order valence-corrected chi connectivity index (χ3v) is 4.13. The van der Waals surface area contributed by atoms with Gasteiger partial charge in [-0.1, -0.05) is 0 Å². The molecule has 0 spiro atoms. The van der Waals surface area contributed by atoms with Crippen LogP contribution in [0.1, 0.15) is 5.56 Å². The number of ether oxygens (including phenoxy) is 1. The van der Waals surface area contributed by atoms with E-state index in [1.807, 2.05) is 0 Å². The Bertz CT molecular complexity index is 761. The Morgan fingerprint density at radius 2 is 2.04 bits per heavy atom. The number of allylic oxidation sites excluding steroid dienone is 2. The molecular weight excluding hydrogens is 332 g/mol. The van der Waals surface area contributed by atoms with Crippen LogP contribution in [0.2, 0.25) is 0 Å². The summed E-state index contributed by atoms with van der Waals surface area (Å²) in [7, 11) is 0. The van der Waals surface area contributed by atoms with Crippen LogP contribution < -0.4 is 0 Å². The zero-order valence-corrected chi connectivity index (χ0v) is 13.0. The number of nitrogens with zero attached hydrogens (tertiary/aromatic N) is 2. The SMILES string of the molecule is Oc1ccc2c(c1O)C(=CC=NC[C@]1(O)OC[C@@H](O)[C@@H](O)[C@H]1O)C=N2. The number of hydrogen-bond donors (Lipinski definition) is 6. The van der Waals surface area contributed by atoms with Gasteiger partial charge in [-0.2, -0.15) is 0 Å². The maximum Gasteiger partial charge on any atom is 0.215 e. The summed E-state index contributed by atoms with van der Waals surface area (Å²) < 4.78 is 4.99. The molecule has 0 amide bonds. The van der Waals surface area contributed by atoms with Crippen molar-refractivity contribution in [1.29, 1.82) is 0 Å². The second-order valence-electron chi connectivity index (χ2n) is 5.86. The molecule has 2 aliphatic heterocycles. The van der Waals surface area contributed by atoms with E-state index in [1.54, 1.807) is 6.07 Å². The van der Waals surface area contributed by atoms with Gasteiger partial charge in [0.05, 0.1) is 24.4 Å². The average Bonchev–Trinajstić information content (AvgIpc) is 3.01. The van der Waals surface area contributed by atoms with Crippen LogP contribution in [0.25, 0.3) is 5.57 Å². The molecule has 0 aromatic heterocycles. The van der Waals surface area contributed by atoms with Crippen LogP contribution in [0.5, 0.6) is 11.5 Å². The molecule has 2 aliphatic rings. The van der Waals surface area contributed by atoms with Gasteiger partial charge in [0.15, 0.2) is 11.5 Å². The van der Waals surface area contributed by atoms with E-state index in [-0.39, 0.29) is 24.7 Å². The first kappa shape index (κ1) is 17.5. The summed E-state index contributed by atoms with van der Waals surface area (Å²) in [6.45, 7) is -0.712. The van der Waals surface area contributed by atoms with Gasteiger partial charge in [-0.25, -0.2) is 0 Å². The minimum atomic E-state index is -2.12. The fourth-order valence-corrected chi connectivity index (χ4v) is 2.64. The topological polar surface area (TPSA) is 155 Å². The van der Waals surface area contributed by atoms with Crippen molar-refractivity contribution in [1.82, 2.24) is 0 Å². The molecule has 134 valence electrons. The Hall–Kier alpha value is -2.30. The normalized spacial score (nSPS) is 33.3. The van der Waals surface area contributed by atoms with Gasteiger partial charge in [0, 0.05) is 18.0 Å². The Kier molecular flexibility index (Phi) is 4.58. The number of benzene rings is 1. The highest BCUT2D eigenvalue weighted by atomic mass is 16.6. The molecular formula is C16H18N2O7. The van der Waals surface area contributed by atoms with Gasteiger partial charge in [0.1, 0.15) is 18.3 Å². The van der Waals surface area contributed by atoms with Crippen LogP contribution in [-0.2, 0) is 4.74 Å². The number of hydrogen-bond acceptors (Lipinski definition) is 9. The molecule has 0 radical (unpaired) electrons. The third-order valence-electron chi connectivity index (χ3n) is 4.13. The molecule has 0 unspecified atom stereocenters. The van der Waals surface area contributed by atoms with Gasteiger partial charge in [0.2, 0.25) is 5.79 Å². The lowest BCUT2D eigenvalue weighted by Gasteiger charge is -2.40. The lowest BCUT2D eigenvalue weighted by atomic mass is 9.97. The molecule has 2 heterocycles. The summed E-state index contributed by atoms with van der Waals surface area (Å²) in [5, 5.41) is 58.5. The zero-order valence-electron chi connectivity index (χ0n) is 13.0. The minimum Gasteiger partial charge on any atom is -0.504 e. The van der Waals surface area contributed by atoms with Crippen molar-refractivity contribution >= 4 is 23.7 Å². The van der Waals surface area contributed by atoms with E-state index in [0.29, 0.717) is 16.8 Å². The lowest BCUT2D eigenvalue weighted by Crippen LogP contribution is -2.62. The summed E-state index contributed by atoms with van der Waals surface area (Å²) in [4.78, 5) is 8.02. The van der Waals surface area contributed by atoms with Crippen LogP contribution in [0.3, 0.4) is 0 Å². The molecule has 1 fully saturated rings. The summed E-state index contributed by atoms with van der Waals surface area (Å²) in [6, 6.07) is 2.89. The van der Waals surface area contributed by atoms with Crippen LogP contribution in [-0.4, -0.2) is 80.3 Å². The largest absolute Gasteiger partial charge is 0.504 e. The number of aliphatic imine (C=N–C) groups is 2. The van der Waals surface area contributed by atoms with E-state index in [2.05, 4.69) is 9.98 Å². The molecule has 1 aromatic rings. The Labute approximate surface area is 142 Å². The number of aliphatic hydroxyl groups is 4. The quantitative estimate of drug-likeness (QED) is 0.304. The second kappa shape index (κ2) is 6.54. The van der Waals surface area contributed by atoms with E-state index in [1.165, 1.54) is 24.6 Å². The Morgan fingerprint density at radius 1 is 1.28 bits per heavy atom. The molecule has 3 rings (SSSR count).